The van der Waals surface area contributed by atoms with Crippen LogP contribution in [0.25, 0.3) is 0 Å². The van der Waals surface area contributed by atoms with Crippen LogP contribution in [-0.4, -0.2) is 36.3 Å². The molecule has 1 N–H and O–H groups in total. The zero-order chi connectivity index (χ0) is 21.7. The first kappa shape index (κ1) is 21.2. The number of furan rings is 1. The zero-order valence-corrected chi connectivity index (χ0v) is 19.0. The van der Waals surface area contributed by atoms with Crippen molar-refractivity contribution in [3.8, 4) is 0 Å². The molecule has 8 heteroatoms. The number of piperidine rings is 1. The largest absolute Gasteiger partial charge is 0.466 e. The Morgan fingerprint density at radius 1 is 1.20 bits per heavy atom. The summed E-state index contributed by atoms with van der Waals surface area (Å²) in [5.74, 6) is 1.49. The molecular formula is C22H31N3O4S. The maximum atomic E-state index is 13.1. The van der Waals surface area contributed by atoms with E-state index in [1.54, 1.807) is 11.6 Å². The van der Waals surface area contributed by atoms with Gasteiger partial charge in [0, 0.05) is 38.3 Å². The quantitative estimate of drug-likeness (QED) is 0.799. The highest BCUT2D eigenvalue weighted by molar-refractivity contribution is 7.89. The van der Waals surface area contributed by atoms with Crippen LogP contribution in [0.2, 0.25) is 0 Å². The molecule has 30 heavy (non-hydrogen) atoms. The lowest BCUT2D eigenvalue weighted by Gasteiger charge is -2.34. The zero-order valence-electron chi connectivity index (χ0n) is 18.2. The van der Waals surface area contributed by atoms with Gasteiger partial charge in [0.15, 0.2) is 0 Å². The minimum absolute atomic E-state index is 0.00616. The van der Waals surface area contributed by atoms with Crippen LogP contribution < -0.4 is 5.32 Å². The first-order chi connectivity index (χ1) is 14.1. The predicted octanol–water partition coefficient (Wildman–Crippen LogP) is 3.54. The van der Waals surface area contributed by atoms with Gasteiger partial charge in [-0.15, -0.1) is 0 Å². The Hall–Kier alpha value is -2.06. The molecule has 1 aliphatic carbocycles. The number of aromatic nitrogens is 1. The average molecular weight is 434 g/mol. The van der Waals surface area contributed by atoms with Crippen LogP contribution in [0.5, 0.6) is 0 Å². The number of amides is 1. The highest BCUT2D eigenvalue weighted by Gasteiger charge is 2.36. The van der Waals surface area contributed by atoms with Crippen LogP contribution in [0.4, 0.5) is 0 Å². The average Bonchev–Trinajstić information content (AvgIpc) is 3.24. The number of nitrogens with zero attached hydrogens (tertiary/aromatic N) is 2. The van der Waals surface area contributed by atoms with Crippen molar-refractivity contribution in [1.82, 2.24) is 14.2 Å². The monoisotopic (exact) mass is 433 g/mol. The second-order valence-corrected chi connectivity index (χ2v) is 11.4. The molecule has 3 heterocycles. The fourth-order valence-corrected chi connectivity index (χ4v) is 6.29. The normalized spacial score (nSPS) is 21.9. The highest BCUT2D eigenvalue weighted by atomic mass is 32.2. The maximum Gasteiger partial charge on any atom is 0.268 e. The van der Waals surface area contributed by atoms with Gasteiger partial charge in [-0.05, 0) is 43.7 Å². The van der Waals surface area contributed by atoms with Crippen molar-refractivity contribution in [3.63, 3.8) is 0 Å². The molecule has 1 unspecified atom stereocenters. The van der Waals surface area contributed by atoms with Crippen LogP contribution >= 0.6 is 0 Å². The minimum atomic E-state index is -3.58. The summed E-state index contributed by atoms with van der Waals surface area (Å²) in [7, 11) is -1.87. The van der Waals surface area contributed by atoms with Crippen LogP contribution in [0.15, 0.2) is 27.6 Å². The number of hydrogen-bond donors (Lipinski definition) is 1. The van der Waals surface area contributed by atoms with Gasteiger partial charge in [0.2, 0.25) is 10.0 Å². The summed E-state index contributed by atoms with van der Waals surface area (Å²) in [6, 6.07) is 3.33. The molecule has 0 radical (unpaired) electrons. The number of hydrogen-bond acceptors (Lipinski definition) is 4. The Kier molecular flexibility index (Phi) is 5.34. The molecule has 2 aromatic heterocycles. The van der Waals surface area contributed by atoms with Crippen LogP contribution in [-0.2, 0) is 23.5 Å². The Morgan fingerprint density at radius 3 is 2.60 bits per heavy atom. The molecule has 0 aromatic carbocycles. The molecule has 1 atom stereocenters. The Morgan fingerprint density at radius 2 is 1.90 bits per heavy atom. The SMILES string of the molecule is Cc1cc2c(o1)CC(C)(C)CC2NC(=O)c1cc(S(=O)(=O)N2CCCCC2)cn1C. The fourth-order valence-electron chi connectivity index (χ4n) is 4.70. The Labute approximate surface area is 178 Å². The van der Waals surface area contributed by atoms with E-state index in [-0.39, 0.29) is 22.3 Å². The van der Waals surface area contributed by atoms with Crippen molar-refractivity contribution < 1.29 is 17.6 Å². The van der Waals surface area contributed by atoms with Gasteiger partial charge >= 0.3 is 0 Å². The summed E-state index contributed by atoms with van der Waals surface area (Å²) >= 11 is 0. The third-order valence-corrected chi connectivity index (χ3v) is 8.07. The van der Waals surface area contributed by atoms with E-state index in [1.807, 2.05) is 13.0 Å². The molecule has 7 nitrogen and oxygen atoms in total. The van der Waals surface area contributed by atoms with E-state index >= 15 is 0 Å². The van der Waals surface area contributed by atoms with Gasteiger partial charge in [-0.1, -0.05) is 20.3 Å². The lowest BCUT2D eigenvalue weighted by molar-refractivity contribution is 0.0909. The maximum absolute atomic E-state index is 13.1. The van der Waals surface area contributed by atoms with Gasteiger partial charge < -0.3 is 14.3 Å². The van der Waals surface area contributed by atoms with Gasteiger partial charge in [-0.25, -0.2) is 8.42 Å². The van der Waals surface area contributed by atoms with Crippen LogP contribution in [0.1, 0.15) is 73.1 Å². The summed E-state index contributed by atoms with van der Waals surface area (Å²) < 4.78 is 35.0. The van der Waals surface area contributed by atoms with Gasteiger partial charge in [0.1, 0.15) is 22.1 Å². The summed E-state index contributed by atoms with van der Waals surface area (Å²) in [5.41, 5.74) is 1.37. The molecule has 0 spiro atoms. The van der Waals surface area contributed by atoms with E-state index in [4.69, 9.17) is 4.42 Å². The van der Waals surface area contributed by atoms with Crippen molar-refractivity contribution in [2.75, 3.05) is 13.1 Å². The molecular weight excluding hydrogens is 402 g/mol. The van der Waals surface area contributed by atoms with Crippen molar-refractivity contribution in [1.29, 1.82) is 0 Å². The fraction of sp³-hybridized carbons (Fsp3) is 0.591. The molecule has 1 saturated heterocycles. The Balaban J connectivity index is 1.57. The lowest BCUT2D eigenvalue weighted by Crippen LogP contribution is -2.36. The van der Waals surface area contributed by atoms with Crippen molar-refractivity contribution in [2.45, 2.75) is 63.8 Å². The number of carbonyl (C=O) groups excluding carboxylic acids is 1. The molecule has 2 aliphatic rings. The van der Waals surface area contributed by atoms with Gasteiger partial charge in [0.25, 0.3) is 5.91 Å². The summed E-state index contributed by atoms with van der Waals surface area (Å²) in [5, 5.41) is 3.12. The van der Waals surface area contributed by atoms with E-state index in [0.717, 1.165) is 49.2 Å². The molecule has 0 bridgehead atoms. The molecule has 1 fully saturated rings. The van der Waals surface area contributed by atoms with Crippen molar-refractivity contribution >= 4 is 15.9 Å². The van der Waals surface area contributed by atoms with Crippen LogP contribution in [0, 0.1) is 12.3 Å². The summed E-state index contributed by atoms with van der Waals surface area (Å²) in [4.78, 5) is 13.3. The third kappa shape index (κ3) is 3.95. The van der Waals surface area contributed by atoms with Gasteiger partial charge in [-0.2, -0.15) is 4.31 Å². The molecule has 1 aliphatic heterocycles. The molecule has 4 rings (SSSR count). The molecule has 2 aromatic rings. The second-order valence-electron chi connectivity index (χ2n) is 9.44. The minimum Gasteiger partial charge on any atom is -0.466 e. The number of nitrogens with one attached hydrogen (secondary N) is 1. The van der Waals surface area contributed by atoms with Crippen LogP contribution in [0.3, 0.4) is 0 Å². The molecule has 0 saturated carbocycles. The standard InChI is InChI=1S/C22H31N3O4S/c1-15-10-17-18(12-22(2,3)13-20(17)29-15)23-21(26)19-11-16(14-24(19)4)30(27,28)25-8-6-5-7-9-25/h10-11,14,18H,5-9,12-13H2,1-4H3,(H,23,26). The first-order valence-electron chi connectivity index (χ1n) is 10.6. The summed E-state index contributed by atoms with van der Waals surface area (Å²) in [6.45, 7) is 7.33. The molecule has 164 valence electrons. The molecule has 1 amide bonds. The second kappa shape index (κ2) is 7.57. The number of sulfonamides is 1. The van der Waals surface area contributed by atoms with E-state index in [2.05, 4.69) is 19.2 Å². The number of fused-ring (bicyclic) bond motifs is 1. The smallest absolute Gasteiger partial charge is 0.268 e. The van der Waals surface area contributed by atoms with Gasteiger partial charge in [0.05, 0.1) is 6.04 Å². The van der Waals surface area contributed by atoms with Crippen molar-refractivity contribution in [2.24, 2.45) is 12.5 Å². The number of rotatable bonds is 4. The van der Waals surface area contributed by atoms with Gasteiger partial charge in [-0.3, -0.25) is 4.79 Å². The summed E-state index contributed by atoms with van der Waals surface area (Å²) in [6.07, 6.45) is 5.99. The van der Waals surface area contributed by atoms with E-state index in [1.165, 1.54) is 16.6 Å². The van der Waals surface area contributed by atoms with E-state index in [0.29, 0.717) is 18.8 Å². The number of carbonyl (C=O) groups is 1. The first-order valence-corrected chi connectivity index (χ1v) is 12.1. The van der Waals surface area contributed by atoms with E-state index in [9.17, 15) is 13.2 Å². The topological polar surface area (TPSA) is 84.5 Å². The Bertz CT molecular complexity index is 1060. The number of aryl methyl sites for hydroxylation is 2. The van der Waals surface area contributed by atoms with Crippen molar-refractivity contribution in [3.05, 3.63) is 41.1 Å². The van der Waals surface area contributed by atoms with E-state index < -0.39 is 10.0 Å². The highest BCUT2D eigenvalue weighted by Crippen LogP contribution is 2.42. The predicted molar refractivity (Wildman–Crippen MR) is 114 cm³/mol. The lowest BCUT2D eigenvalue weighted by atomic mass is 9.74. The third-order valence-electron chi connectivity index (χ3n) is 6.21.